The third-order valence-electron chi connectivity index (χ3n) is 1.54. The summed E-state index contributed by atoms with van der Waals surface area (Å²) in [5.74, 6) is -0.488. The average Bonchev–Trinajstić information content (AvgIpc) is 2.51. The van der Waals surface area contributed by atoms with Crippen LogP contribution in [0.25, 0.3) is 5.69 Å². The van der Waals surface area contributed by atoms with Crippen molar-refractivity contribution in [1.82, 2.24) is 9.78 Å². The first-order valence-corrected chi connectivity index (χ1v) is 4.35. The molecule has 0 atom stereocenters. The molecule has 0 bridgehead atoms. The fraction of sp³-hybridized carbons (Fsp3) is 0. The van der Waals surface area contributed by atoms with Crippen molar-refractivity contribution in [2.24, 2.45) is 0 Å². The highest BCUT2D eigenvalue weighted by atomic mass is 79.9. The van der Waals surface area contributed by atoms with Gasteiger partial charge in [-0.3, -0.25) is 0 Å². The summed E-state index contributed by atoms with van der Waals surface area (Å²) < 4.78 is 6.61. The fourth-order valence-electron chi connectivity index (χ4n) is 0.993. The van der Waals surface area contributed by atoms with Crippen molar-refractivity contribution in [3.8, 4) is 5.69 Å². The molecule has 1 aromatic heterocycles. The monoisotopic (exact) mass is 240 g/mol. The third-order valence-corrected chi connectivity index (χ3v) is 2.04. The van der Waals surface area contributed by atoms with E-state index in [1.807, 2.05) is 12.1 Å². The topological polar surface area (TPSA) is 48.0 Å². The molecule has 5 heteroatoms. The molecule has 66 valence electrons. The van der Waals surface area contributed by atoms with Crippen LogP contribution < -0.4 is 5.76 Å². The molecule has 1 aromatic carbocycles. The van der Waals surface area contributed by atoms with Crippen molar-refractivity contribution in [3.63, 3.8) is 0 Å². The zero-order valence-corrected chi connectivity index (χ0v) is 8.06. The van der Waals surface area contributed by atoms with Crippen molar-refractivity contribution < 1.29 is 4.42 Å². The van der Waals surface area contributed by atoms with Crippen LogP contribution in [0.1, 0.15) is 0 Å². The number of hydrogen-bond donors (Lipinski definition) is 0. The first-order chi connectivity index (χ1) is 6.27. The Hall–Kier alpha value is -1.36. The highest BCUT2D eigenvalue weighted by Gasteiger charge is 2.02. The predicted molar refractivity (Wildman–Crippen MR) is 49.8 cm³/mol. The molecule has 0 aliphatic rings. The molecule has 0 spiro atoms. The Kier molecular flexibility index (Phi) is 2.02. The Morgan fingerprint density at radius 1 is 1.46 bits per heavy atom. The van der Waals surface area contributed by atoms with Crippen molar-refractivity contribution >= 4 is 15.9 Å². The summed E-state index contributed by atoms with van der Waals surface area (Å²) >= 11 is 3.30. The van der Waals surface area contributed by atoms with Crippen molar-refractivity contribution in [1.29, 1.82) is 0 Å². The summed E-state index contributed by atoms with van der Waals surface area (Å²) in [6, 6.07) is 7.24. The largest absolute Gasteiger partial charge is 0.441 e. The van der Waals surface area contributed by atoms with Gasteiger partial charge >= 0.3 is 5.76 Å². The van der Waals surface area contributed by atoms with Gasteiger partial charge in [-0.25, -0.2) is 4.79 Å². The molecule has 0 aliphatic heterocycles. The highest BCUT2D eigenvalue weighted by Crippen LogP contribution is 2.12. The van der Waals surface area contributed by atoms with Crippen LogP contribution >= 0.6 is 15.9 Å². The van der Waals surface area contributed by atoms with E-state index in [1.54, 1.807) is 12.1 Å². The zero-order valence-electron chi connectivity index (χ0n) is 6.48. The lowest BCUT2D eigenvalue weighted by atomic mass is 10.3. The Morgan fingerprint density at radius 3 is 2.92 bits per heavy atom. The van der Waals surface area contributed by atoms with Gasteiger partial charge in [0.2, 0.25) is 6.39 Å². The van der Waals surface area contributed by atoms with E-state index in [4.69, 9.17) is 0 Å². The van der Waals surface area contributed by atoms with Crippen molar-refractivity contribution in [3.05, 3.63) is 45.7 Å². The number of rotatable bonds is 1. The number of benzene rings is 1. The maximum absolute atomic E-state index is 11.0. The summed E-state index contributed by atoms with van der Waals surface area (Å²) in [7, 11) is 0. The van der Waals surface area contributed by atoms with Crippen LogP contribution in [0.4, 0.5) is 0 Å². The van der Waals surface area contributed by atoms with E-state index < -0.39 is 5.76 Å². The second-order valence-corrected chi connectivity index (χ2v) is 3.31. The van der Waals surface area contributed by atoms with Crippen LogP contribution in [0.3, 0.4) is 0 Å². The first-order valence-electron chi connectivity index (χ1n) is 3.56. The minimum absolute atomic E-state index is 0.488. The van der Waals surface area contributed by atoms with E-state index in [2.05, 4.69) is 25.4 Å². The van der Waals surface area contributed by atoms with Gasteiger partial charge in [0.15, 0.2) is 0 Å². The Labute approximate surface area is 81.9 Å². The van der Waals surface area contributed by atoms with Gasteiger partial charge in [0.1, 0.15) is 0 Å². The lowest BCUT2D eigenvalue weighted by Gasteiger charge is -1.97. The van der Waals surface area contributed by atoms with E-state index in [-0.39, 0.29) is 0 Å². The molecular formula is C8H5BrN2O2. The third kappa shape index (κ3) is 1.55. The van der Waals surface area contributed by atoms with Gasteiger partial charge in [-0.2, -0.15) is 4.68 Å². The van der Waals surface area contributed by atoms with Crippen molar-refractivity contribution in [2.45, 2.75) is 0 Å². The van der Waals surface area contributed by atoms with E-state index in [0.29, 0.717) is 5.69 Å². The summed E-state index contributed by atoms with van der Waals surface area (Å²) in [6.07, 6.45) is 1.11. The zero-order chi connectivity index (χ0) is 9.26. The van der Waals surface area contributed by atoms with Gasteiger partial charge in [0.25, 0.3) is 0 Å². The molecule has 0 radical (unpaired) electrons. The second-order valence-electron chi connectivity index (χ2n) is 2.40. The van der Waals surface area contributed by atoms with E-state index in [0.717, 1.165) is 10.9 Å². The Bertz CT molecular complexity index is 475. The standard InChI is InChI=1S/C8H5BrN2O2/c9-6-2-1-3-7(4-6)11-8(12)13-5-10-11/h1-5H. The Morgan fingerprint density at radius 2 is 2.31 bits per heavy atom. The molecule has 2 aromatic rings. The SMILES string of the molecule is O=c1ocnn1-c1cccc(Br)c1. The molecule has 2 rings (SSSR count). The van der Waals surface area contributed by atoms with Gasteiger partial charge in [0.05, 0.1) is 5.69 Å². The molecule has 0 aliphatic carbocycles. The van der Waals surface area contributed by atoms with Crippen LogP contribution in [-0.4, -0.2) is 9.78 Å². The molecule has 0 amide bonds. The molecule has 1 heterocycles. The normalized spacial score (nSPS) is 10.2. The first kappa shape index (κ1) is 8.25. The Balaban J connectivity index is 2.59. The van der Waals surface area contributed by atoms with Gasteiger partial charge in [0, 0.05) is 4.47 Å². The number of hydrogen-bond acceptors (Lipinski definition) is 3. The molecule has 0 saturated heterocycles. The van der Waals surface area contributed by atoms with Crippen LogP contribution in [-0.2, 0) is 0 Å². The molecule has 0 fully saturated rings. The molecule has 0 unspecified atom stereocenters. The van der Waals surface area contributed by atoms with Gasteiger partial charge < -0.3 is 4.42 Å². The van der Waals surface area contributed by atoms with Gasteiger partial charge in [-0.1, -0.05) is 22.0 Å². The smallest absolute Gasteiger partial charge is 0.395 e. The summed E-state index contributed by atoms with van der Waals surface area (Å²) in [5, 5.41) is 3.74. The quantitative estimate of drug-likeness (QED) is 0.761. The fourth-order valence-corrected chi connectivity index (χ4v) is 1.38. The average molecular weight is 241 g/mol. The molecule has 0 saturated carbocycles. The lowest BCUT2D eigenvalue weighted by Crippen LogP contribution is -2.13. The predicted octanol–water partition coefficient (Wildman–Crippen LogP) is 1.59. The molecule has 4 nitrogen and oxygen atoms in total. The number of aromatic nitrogens is 2. The van der Waals surface area contributed by atoms with E-state index >= 15 is 0 Å². The van der Waals surface area contributed by atoms with Gasteiger partial charge in [-0.05, 0) is 18.2 Å². The maximum Gasteiger partial charge on any atom is 0.441 e. The van der Waals surface area contributed by atoms with Crippen LogP contribution in [0.5, 0.6) is 0 Å². The highest BCUT2D eigenvalue weighted by molar-refractivity contribution is 9.10. The van der Waals surface area contributed by atoms with Crippen LogP contribution in [0.2, 0.25) is 0 Å². The molecule has 0 N–H and O–H groups in total. The van der Waals surface area contributed by atoms with Crippen molar-refractivity contribution in [2.75, 3.05) is 0 Å². The molecule has 13 heavy (non-hydrogen) atoms. The van der Waals surface area contributed by atoms with E-state index in [9.17, 15) is 4.79 Å². The number of halogens is 1. The van der Waals surface area contributed by atoms with E-state index in [1.165, 1.54) is 4.68 Å². The minimum Gasteiger partial charge on any atom is -0.395 e. The summed E-state index contributed by atoms with van der Waals surface area (Å²) in [4.78, 5) is 11.0. The minimum atomic E-state index is -0.488. The number of nitrogens with zero attached hydrogens (tertiary/aromatic N) is 2. The second kappa shape index (κ2) is 3.18. The summed E-state index contributed by atoms with van der Waals surface area (Å²) in [6.45, 7) is 0. The van der Waals surface area contributed by atoms with Crippen LogP contribution in [0, 0.1) is 0 Å². The molecular weight excluding hydrogens is 236 g/mol. The summed E-state index contributed by atoms with van der Waals surface area (Å²) in [5.41, 5.74) is 0.674. The van der Waals surface area contributed by atoms with Gasteiger partial charge in [-0.15, -0.1) is 5.10 Å². The lowest BCUT2D eigenvalue weighted by molar-refractivity contribution is 0.503. The maximum atomic E-state index is 11.0. The van der Waals surface area contributed by atoms with Crippen LogP contribution in [0.15, 0.2) is 44.3 Å².